The number of hydrogen-bond donors (Lipinski definition) is 0. The van der Waals surface area contributed by atoms with Crippen LogP contribution in [-0.2, 0) is 7.05 Å². The molecule has 32 heavy (non-hydrogen) atoms. The monoisotopic (exact) mass is 562 g/mol. The second kappa shape index (κ2) is 14.7. The number of halogens is 1. The predicted molar refractivity (Wildman–Crippen MR) is 137 cm³/mol. The lowest BCUT2D eigenvalue weighted by Gasteiger charge is -2.25. The van der Waals surface area contributed by atoms with Crippen molar-refractivity contribution in [3.63, 3.8) is 0 Å². The molecule has 4 heteroatoms. The summed E-state index contributed by atoms with van der Waals surface area (Å²) in [6.07, 6.45) is 12.7. The van der Waals surface area contributed by atoms with E-state index in [4.69, 9.17) is 0 Å². The molecule has 0 amide bonds. The van der Waals surface area contributed by atoms with E-state index >= 15 is 0 Å². The molecule has 0 fully saturated rings. The third kappa shape index (κ3) is 7.87. The van der Waals surface area contributed by atoms with E-state index in [2.05, 4.69) is 91.2 Å². The Morgan fingerprint density at radius 1 is 0.719 bits per heavy atom. The molecule has 0 spiro atoms. The molecule has 2 nitrogen and oxygen atoms in total. The first-order valence-corrected chi connectivity index (χ1v) is 12.9. The van der Waals surface area contributed by atoms with Gasteiger partial charge in [-0.3, -0.25) is 0 Å². The summed E-state index contributed by atoms with van der Waals surface area (Å²) in [5.41, 5.74) is 3.96. The quantitative estimate of drug-likeness (QED) is 0.164. The molecular weight excluding hydrogens is 523 g/mol. The SMILES string of the molecule is CCCCCCN(CCCCCC)c1ccc(-c2ccc(-c3cccc[n+]3C)s2)cc1.[I-]. The number of pyridine rings is 1. The fraction of sp³-hybridized carbons (Fsp3) is 0.464. The van der Waals surface area contributed by atoms with Crippen LogP contribution in [0.5, 0.6) is 0 Å². The highest BCUT2D eigenvalue weighted by Gasteiger charge is 2.13. The van der Waals surface area contributed by atoms with Crippen LogP contribution in [0.15, 0.2) is 60.8 Å². The molecule has 1 aromatic carbocycles. The van der Waals surface area contributed by atoms with Gasteiger partial charge in [-0.25, -0.2) is 4.57 Å². The number of unbranched alkanes of at least 4 members (excludes halogenated alkanes) is 6. The number of hydrogen-bond acceptors (Lipinski definition) is 2. The second-order valence-electron chi connectivity index (χ2n) is 8.52. The molecular formula is C28H39IN2S. The lowest BCUT2D eigenvalue weighted by Crippen LogP contribution is -3.00. The minimum atomic E-state index is 0. The van der Waals surface area contributed by atoms with Gasteiger partial charge in [-0.15, -0.1) is 11.3 Å². The van der Waals surface area contributed by atoms with Crippen molar-refractivity contribution in [2.24, 2.45) is 7.05 Å². The fourth-order valence-corrected chi connectivity index (χ4v) is 5.16. The summed E-state index contributed by atoms with van der Waals surface area (Å²) in [5, 5.41) is 0. The highest BCUT2D eigenvalue weighted by atomic mass is 127. The Bertz CT molecular complexity index is 892. The van der Waals surface area contributed by atoms with E-state index in [1.807, 2.05) is 11.3 Å². The van der Waals surface area contributed by atoms with Crippen molar-refractivity contribution < 1.29 is 28.5 Å². The number of nitrogens with zero attached hydrogens (tertiary/aromatic N) is 2. The molecule has 0 atom stereocenters. The van der Waals surface area contributed by atoms with Gasteiger partial charge in [0.1, 0.15) is 7.05 Å². The standard InChI is InChI=1S/C28H39N2S.HI/c1-4-6-8-11-22-30(23-12-9-7-5-2)25-17-15-24(16-18-25)27-19-20-28(31-27)26-14-10-13-21-29(26)3;/h10,13-21H,4-9,11-12,22-23H2,1-3H3;1H/q+1;/p-1. The minimum Gasteiger partial charge on any atom is -1.00 e. The molecule has 0 unspecified atom stereocenters. The molecule has 2 aromatic heterocycles. The van der Waals surface area contributed by atoms with E-state index in [0.29, 0.717) is 0 Å². The van der Waals surface area contributed by atoms with Crippen LogP contribution in [0.25, 0.3) is 21.0 Å². The van der Waals surface area contributed by atoms with E-state index in [-0.39, 0.29) is 24.0 Å². The lowest BCUT2D eigenvalue weighted by molar-refractivity contribution is -0.660. The number of aromatic nitrogens is 1. The predicted octanol–water partition coefficient (Wildman–Crippen LogP) is 4.88. The van der Waals surface area contributed by atoms with Crippen LogP contribution in [0.3, 0.4) is 0 Å². The summed E-state index contributed by atoms with van der Waals surface area (Å²) in [5.74, 6) is 0. The highest BCUT2D eigenvalue weighted by molar-refractivity contribution is 7.18. The molecule has 3 rings (SSSR count). The number of thiophene rings is 1. The number of anilines is 1. The minimum absolute atomic E-state index is 0. The molecule has 2 heterocycles. The maximum Gasteiger partial charge on any atom is 0.222 e. The molecule has 0 radical (unpaired) electrons. The molecule has 0 bridgehead atoms. The summed E-state index contributed by atoms with van der Waals surface area (Å²) in [4.78, 5) is 5.26. The van der Waals surface area contributed by atoms with Crippen molar-refractivity contribution in [3.05, 3.63) is 60.8 Å². The van der Waals surface area contributed by atoms with E-state index in [0.717, 1.165) is 0 Å². The first-order valence-electron chi connectivity index (χ1n) is 12.1. The van der Waals surface area contributed by atoms with Gasteiger partial charge in [-0.1, -0.05) is 64.5 Å². The molecule has 0 aliphatic rings. The van der Waals surface area contributed by atoms with Crippen molar-refractivity contribution in [1.29, 1.82) is 0 Å². The summed E-state index contributed by atoms with van der Waals surface area (Å²) in [6, 6.07) is 20.2. The fourth-order valence-electron chi connectivity index (χ4n) is 4.08. The average molecular weight is 563 g/mol. The zero-order chi connectivity index (χ0) is 21.9. The molecule has 0 aliphatic heterocycles. The van der Waals surface area contributed by atoms with Crippen LogP contribution in [-0.4, -0.2) is 13.1 Å². The first kappa shape index (κ1) is 26.8. The molecule has 0 saturated carbocycles. The van der Waals surface area contributed by atoms with Crippen molar-refractivity contribution in [2.75, 3.05) is 18.0 Å². The van der Waals surface area contributed by atoms with Gasteiger partial charge in [0.2, 0.25) is 5.69 Å². The Morgan fingerprint density at radius 3 is 1.94 bits per heavy atom. The molecule has 0 aliphatic carbocycles. The summed E-state index contributed by atoms with van der Waals surface area (Å²) >= 11 is 1.87. The number of benzene rings is 1. The van der Waals surface area contributed by atoms with Gasteiger partial charge in [0.25, 0.3) is 0 Å². The summed E-state index contributed by atoms with van der Waals surface area (Å²) in [6.45, 7) is 6.93. The third-order valence-electron chi connectivity index (χ3n) is 5.99. The van der Waals surface area contributed by atoms with Gasteiger partial charge in [0, 0.05) is 35.8 Å². The normalized spacial score (nSPS) is 10.7. The topological polar surface area (TPSA) is 7.12 Å². The smallest absolute Gasteiger partial charge is 0.222 e. The van der Waals surface area contributed by atoms with E-state index < -0.39 is 0 Å². The molecule has 0 N–H and O–H groups in total. The summed E-state index contributed by atoms with van der Waals surface area (Å²) in [7, 11) is 2.11. The maximum atomic E-state index is 2.61. The lowest BCUT2D eigenvalue weighted by atomic mass is 10.1. The van der Waals surface area contributed by atoms with Crippen molar-refractivity contribution in [2.45, 2.75) is 65.2 Å². The molecule has 0 saturated heterocycles. The first-order chi connectivity index (χ1) is 15.2. The van der Waals surface area contributed by atoms with Crippen LogP contribution < -0.4 is 33.4 Å². The Kier molecular flexibility index (Phi) is 12.3. The highest BCUT2D eigenvalue weighted by Crippen LogP contribution is 2.34. The van der Waals surface area contributed by atoms with Gasteiger partial charge >= 0.3 is 0 Å². The summed E-state index contributed by atoms with van der Waals surface area (Å²) < 4.78 is 2.19. The number of rotatable bonds is 13. The zero-order valence-corrected chi connectivity index (χ0v) is 23.0. The number of aryl methyl sites for hydroxylation is 1. The van der Waals surface area contributed by atoms with Gasteiger partial charge in [0.15, 0.2) is 6.20 Å². The largest absolute Gasteiger partial charge is 1.00 e. The maximum absolute atomic E-state index is 2.61. The Hall–Kier alpha value is -1.40. The third-order valence-corrected chi connectivity index (χ3v) is 7.15. The van der Waals surface area contributed by atoms with Crippen LogP contribution in [0, 0.1) is 0 Å². The van der Waals surface area contributed by atoms with Crippen molar-refractivity contribution in [1.82, 2.24) is 0 Å². The zero-order valence-electron chi connectivity index (χ0n) is 20.0. The average Bonchev–Trinajstić information content (AvgIpc) is 3.28. The van der Waals surface area contributed by atoms with Crippen LogP contribution >= 0.6 is 11.3 Å². The Labute approximate surface area is 216 Å². The van der Waals surface area contributed by atoms with Gasteiger partial charge in [-0.2, -0.15) is 0 Å². The van der Waals surface area contributed by atoms with E-state index in [1.165, 1.54) is 91.2 Å². The van der Waals surface area contributed by atoms with Crippen LogP contribution in [0.4, 0.5) is 5.69 Å². The van der Waals surface area contributed by atoms with Crippen LogP contribution in [0.1, 0.15) is 65.2 Å². The van der Waals surface area contributed by atoms with Crippen LogP contribution in [0.2, 0.25) is 0 Å². The van der Waals surface area contributed by atoms with E-state index in [1.54, 1.807) is 0 Å². The van der Waals surface area contributed by atoms with Crippen molar-refractivity contribution >= 4 is 17.0 Å². The molecule has 3 aromatic rings. The van der Waals surface area contributed by atoms with Gasteiger partial charge in [-0.05, 0) is 48.7 Å². The Morgan fingerprint density at radius 2 is 1.34 bits per heavy atom. The van der Waals surface area contributed by atoms with Gasteiger partial charge in [0.05, 0.1) is 4.88 Å². The second-order valence-corrected chi connectivity index (χ2v) is 9.60. The van der Waals surface area contributed by atoms with Crippen molar-refractivity contribution in [3.8, 4) is 21.0 Å². The Balaban J connectivity index is 0.00000363. The molecule has 174 valence electrons. The van der Waals surface area contributed by atoms with E-state index in [9.17, 15) is 0 Å². The van der Waals surface area contributed by atoms with Gasteiger partial charge < -0.3 is 28.9 Å².